The highest BCUT2D eigenvalue weighted by molar-refractivity contribution is 6.38. The molecule has 4 nitrogen and oxygen atoms in total. The van der Waals surface area contributed by atoms with Gasteiger partial charge in [-0.3, -0.25) is 9.59 Å². The van der Waals surface area contributed by atoms with Gasteiger partial charge in [-0.05, 0) is 12.1 Å². The van der Waals surface area contributed by atoms with E-state index in [2.05, 4.69) is 5.16 Å². The summed E-state index contributed by atoms with van der Waals surface area (Å²) in [6.45, 7) is 0. The van der Waals surface area contributed by atoms with Crippen molar-refractivity contribution in [1.82, 2.24) is 0 Å². The van der Waals surface area contributed by atoms with E-state index in [1.807, 2.05) is 0 Å². The molecule has 0 saturated heterocycles. The van der Waals surface area contributed by atoms with Crippen LogP contribution in [0.4, 0.5) is 0 Å². The lowest BCUT2D eigenvalue weighted by Crippen LogP contribution is -2.31. The first-order valence-corrected chi connectivity index (χ1v) is 4.62. The standard InChI is InChI=1S/C9H3Cl2NO3/c10-3-1-4-6(5(11)2-3)9(14)7(12-15)8(4)13/h1-2,15H. The molecular formula is C9H3Cl2NO3. The predicted octanol–water partition coefficient (Wildman–Crippen LogP) is 1.03. The molecule has 0 spiro atoms. The summed E-state index contributed by atoms with van der Waals surface area (Å²) in [4.78, 5) is 23.0. The lowest BCUT2D eigenvalue weighted by molar-refractivity contribution is 0.301. The van der Waals surface area contributed by atoms with Crippen LogP contribution in [0.5, 0.6) is 0 Å². The van der Waals surface area contributed by atoms with E-state index in [-0.39, 0.29) is 20.8 Å². The van der Waals surface area contributed by atoms with Crippen LogP contribution in [0.25, 0.3) is 10.8 Å². The van der Waals surface area contributed by atoms with Gasteiger partial charge in [0.1, 0.15) is 0 Å². The van der Waals surface area contributed by atoms with Gasteiger partial charge in [-0.15, -0.1) is 0 Å². The number of hydrogen-bond acceptors (Lipinski definition) is 4. The van der Waals surface area contributed by atoms with E-state index in [1.54, 1.807) is 0 Å². The zero-order chi connectivity index (χ0) is 11.2. The Labute approximate surface area is 92.7 Å². The zero-order valence-electron chi connectivity index (χ0n) is 7.12. The highest BCUT2D eigenvalue weighted by Crippen LogP contribution is 2.22. The maximum absolute atomic E-state index is 11.5. The molecule has 0 heterocycles. The molecule has 0 radical (unpaired) electrons. The van der Waals surface area contributed by atoms with Gasteiger partial charge in [0.2, 0.25) is 10.9 Å². The van der Waals surface area contributed by atoms with E-state index >= 15 is 0 Å². The van der Waals surface area contributed by atoms with Gasteiger partial charge in [0.15, 0.2) is 5.36 Å². The van der Waals surface area contributed by atoms with Crippen molar-refractivity contribution in [1.29, 1.82) is 0 Å². The number of hydrogen-bond donors (Lipinski definition) is 1. The average Bonchev–Trinajstić information content (AvgIpc) is 2.39. The maximum Gasteiger partial charge on any atom is 0.221 e. The molecule has 0 aliphatic carbocycles. The van der Waals surface area contributed by atoms with Crippen molar-refractivity contribution < 1.29 is 5.21 Å². The van der Waals surface area contributed by atoms with E-state index in [4.69, 9.17) is 28.4 Å². The molecule has 2 rings (SSSR count). The molecule has 0 saturated carbocycles. The van der Waals surface area contributed by atoms with Crippen LogP contribution in [0.2, 0.25) is 10.0 Å². The van der Waals surface area contributed by atoms with Gasteiger partial charge in [0.05, 0.1) is 10.4 Å². The van der Waals surface area contributed by atoms with E-state index in [0.29, 0.717) is 0 Å². The topological polar surface area (TPSA) is 66.7 Å². The van der Waals surface area contributed by atoms with Gasteiger partial charge >= 0.3 is 0 Å². The van der Waals surface area contributed by atoms with Crippen molar-refractivity contribution in [2.45, 2.75) is 0 Å². The van der Waals surface area contributed by atoms with Crippen LogP contribution < -0.4 is 16.2 Å². The van der Waals surface area contributed by atoms with Gasteiger partial charge in [0, 0.05) is 10.4 Å². The Morgan fingerprint density at radius 2 is 1.80 bits per heavy atom. The Hall–Kier alpha value is -1.39. The Morgan fingerprint density at radius 1 is 1.13 bits per heavy atom. The molecule has 0 aliphatic rings. The third-order valence-electron chi connectivity index (χ3n) is 2.06. The molecular weight excluding hydrogens is 241 g/mol. The molecule has 0 aromatic heterocycles. The number of rotatable bonds is 0. The lowest BCUT2D eigenvalue weighted by Gasteiger charge is -1.93. The third kappa shape index (κ3) is 1.33. The highest BCUT2D eigenvalue weighted by atomic mass is 35.5. The second kappa shape index (κ2) is 3.32. The quantitative estimate of drug-likeness (QED) is 0.556. The van der Waals surface area contributed by atoms with E-state index in [1.165, 1.54) is 12.1 Å². The van der Waals surface area contributed by atoms with Crippen LogP contribution in [0.15, 0.2) is 26.9 Å². The van der Waals surface area contributed by atoms with Gasteiger partial charge < -0.3 is 5.21 Å². The highest BCUT2D eigenvalue weighted by Gasteiger charge is 2.14. The van der Waals surface area contributed by atoms with Crippen LogP contribution >= 0.6 is 23.2 Å². The van der Waals surface area contributed by atoms with Gasteiger partial charge in [-0.2, -0.15) is 0 Å². The molecule has 0 fully saturated rings. The van der Waals surface area contributed by atoms with Crippen LogP contribution in [-0.2, 0) is 0 Å². The Bertz CT molecular complexity index is 699. The smallest absolute Gasteiger partial charge is 0.221 e. The second-order valence-electron chi connectivity index (χ2n) is 2.92. The Kier molecular flexibility index (Phi) is 2.25. The molecule has 6 heteroatoms. The summed E-state index contributed by atoms with van der Waals surface area (Å²) < 4.78 is 0. The minimum atomic E-state index is -0.681. The molecule has 1 N–H and O–H groups in total. The molecule has 0 amide bonds. The predicted molar refractivity (Wildman–Crippen MR) is 56.2 cm³/mol. The molecule has 2 aromatic carbocycles. The van der Waals surface area contributed by atoms with Crippen LogP contribution in [0.1, 0.15) is 0 Å². The minimum absolute atomic E-state index is 0.0406. The number of nitrogens with zero attached hydrogens (tertiary/aromatic N) is 1. The van der Waals surface area contributed by atoms with Gasteiger partial charge in [-0.25, -0.2) is 0 Å². The number of fused-ring (bicyclic) bond motifs is 1. The van der Waals surface area contributed by atoms with E-state index < -0.39 is 16.2 Å². The minimum Gasteiger partial charge on any atom is -0.410 e. The summed E-state index contributed by atoms with van der Waals surface area (Å²) in [5.74, 6) is 0. The molecule has 76 valence electrons. The number of halogens is 2. The summed E-state index contributed by atoms with van der Waals surface area (Å²) >= 11 is 11.4. The van der Waals surface area contributed by atoms with Crippen molar-refractivity contribution >= 4 is 34.0 Å². The van der Waals surface area contributed by atoms with Gasteiger partial charge in [-0.1, -0.05) is 28.4 Å². The lowest BCUT2D eigenvalue weighted by atomic mass is 10.2. The normalized spacial score (nSPS) is 12.5. The van der Waals surface area contributed by atoms with Crippen LogP contribution in [0, 0.1) is 0 Å². The molecule has 2 aromatic rings. The first-order chi connectivity index (χ1) is 7.06. The van der Waals surface area contributed by atoms with E-state index in [9.17, 15) is 9.59 Å². The second-order valence-corrected chi connectivity index (χ2v) is 3.76. The number of benzene rings is 1. The molecule has 0 aliphatic heterocycles. The molecule has 0 bridgehead atoms. The summed E-state index contributed by atoms with van der Waals surface area (Å²) in [6.07, 6.45) is 0. The zero-order valence-corrected chi connectivity index (χ0v) is 8.63. The first kappa shape index (κ1) is 10.1. The van der Waals surface area contributed by atoms with Crippen molar-refractivity contribution in [2.24, 2.45) is 5.16 Å². The summed E-state index contributed by atoms with van der Waals surface area (Å²) in [5, 5.41) is 11.1. The molecule has 15 heavy (non-hydrogen) atoms. The fourth-order valence-electron chi connectivity index (χ4n) is 1.42. The SMILES string of the molecule is O=c1c(=NO)c(=O)c2c(Cl)cc(Cl)cc12. The van der Waals surface area contributed by atoms with Crippen molar-refractivity contribution in [2.75, 3.05) is 0 Å². The third-order valence-corrected chi connectivity index (χ3v) is 2.57. The molecule has 0 unspecified atom stereocenters. The fourth-order valence-corrected chi connectivity index (χ4v) is 2.00. The Balaban J connectivity index is 3.25. The maximum atomic E-state index is 11.5. The summed E-state index contributed by atoms with van der Waals surface area (Å²) in [5.41, 5.74) is -1.35. The largest absolute Gasteiger partial charge is 0.410 e. The first-order valence-electron chi connectivity index (χ1n) is 3.86. The average molecular weight is 244 g/mol. The van der Waals surface area contributed by atoms with Crippen molar-refractivity contribution in [3.05, 3.63) is 48.0 Å². The van der Waals surface area contributed by atoms with Crippen LogP contribution in [-0.4, -0.2) is 5.21 Å². The Morgan fingerprint density at radius 3 is 2.40 bits per heavy atom. The monoisotopic (exact) mass is 243 g/mol. The summed E-state index contributed by atoms with van der Waals surface area (Å²) in [6, 6.07) is 2.68. The van der Waals surface area contributed by atoms with Crippen LogP contribution in [0.3, 0.4) is 0 Å². The fraction of sp³-hybridized carbons (Fsp3) is 0. The van der Waals surface area contributed by atoms with Crippen molar-refractivity contribution in [3.63, 3.8) is 0 Å². The van der Waals surface area contributed by atoms with Gasteiger partial charge in [0.25, 0.3) is 0 Å². The molecule has 0 atom stereocenters. The van der Waals surface area contributed by atoms with E-state index in [0.717, 1.165) is 0 Å². The van der Waals surface area contributed by atoms with Crippen molar-refractivity contribution in [3.8, 4) is 0 Å². The summed E-state index contributed by atoms with van der Waals surface area (Å²) in [7, 11) is 0.